The van der Waals surface area contributed by atoms with Crippen LogP contribution in [0.5, 0.6) is 11.5 Å². The van der Waals surface area contributed by atoms with Crippen LogP contribution >= 0.6 is 0 Å². The van der Waals surface area contributed by atoms with Crippen LogP contribution in [0.15, 0.2) is 22.7 Å². The maximum Gasteiger partial charge on any atom is 0.387 e. The van der Waals surface area contributed by atoms with E-state index in [9.17, 15) is 13.9 Å². The van der Waals surface area contributed by atoms with Gasteiger partial charge in [-0.05, 0) is 44.9 Å². The summed E-state index contributed by atoms with van der Waals surface area (Å²) in [4.78, 5) is 6.62. The van der Waals surface area contributed by atoms with E-state index in [1.54, 1.807) is 6.07 Å². The highest BCUT2D eigenvalue weighted by molar-refractivity contribution is 5.60. The number of aromatic nitrogens is 2. The number of benzene rings is 1. The predicted molar refractivity (Wildman–Crippen MR) is 102 cm³/mol. The zero-order valence-electron chi connectivity index (χ0n) is 16.8. The standard InChI is InChI=1S/C20H27F2N3O4/c1-12(2)25(14-6-4-5-7-15(14)26)11-18-23-19(24-29-18)13-8-9-16(28-20(21)22)17(10-13)27-3/h8-10,12,14-15,20,26H,4-7,11H2,1-3H3/t14-,15+/m0/s1. The van der Waals surface area contributed by atoms with Crippen molar-refractivity contribution in [2.45, 2.75) is 70.9 Å². The molecule has 2 aromatic rings. The lowest BCUT2D eigenvalue weighted by molar-refractivity contribution is -0.0512. The zero-order chi connectivity index (χ0) is 21.0. The van der Waals surface area contributed by atoms with Crippen LogP contribution in [0.4, 0.5) is 8.78 Å². The minimum Gasteiger partial charge on any atom is -0.493 e. The van der Waals surface area contributed by atoms with E-state index in [1.165, 1.54) is 19.2 Å². The van der Waals surface area contributed by atoms with E-state index in [0.29, 0.717) is 23.8 Å². The molecule has 0 amide bonds. The predicted octanol–water partition coefficient (Wildman–Crippen LogP) is 3.86. The van der Waals surface area contributed by atoms with Crippen LogP contribution in [-0.2, 0) is 6.54 Å². The summed E-state index contributed by atoms with van der Waals surface area (Å²) in [6.45, 7) is 1.63. The third-order valence-corrected chi connectivity index (χ3v) is 5.21. The van der Waals surface area contributed by atoms with Crippen LogP contribution in [0.3, 0.4) is 0 Å². The molecule has 1 saturated carbocycles. The summed E-state index contributed by atoms with van der Waals surface area (Å²) in [6, 6.07) is 4.74. The fraction of sp³-hybridized carbons (Fsp3) is 0.600. The topological polar surface area (TPSA) is 80.9 Å². The summed E-state index contributed by atoms with van der Waals surface area (Å²) in [6.07, 6.45) is 3.51. The van der Waals surface area contributed by atoms with Crippen molar-refractivity contribution in [2.75, 3.05) is 7.11 Å². The fourth-order valence-corrected chi connectivity index (χ4v) is 3.75. The molecule has 0 saturated heterocycles. The number of hydrogen-bond acceptors (Lipinski definition) is 7. The summed E-state index contributed by atoms with van der Waals surface area (Å²) in [5.74, 6) is 0.851. The van der Waals surface area contributed by atoms with Crippen LogP contribution in [0.1, 0.15) is 45.4 Å². The highest BCUT2D eigenvalue weighted by atomic mass is 19.3. The van der Waals surface area contributed by atoms with Crippen molar-refractivity contribution in [1.82, 2.24) is 15.0 Å². The maximum absolute atomic E-state index is 12.5. The van der Waals surface area contributed by atoms with Crippen molar-refractivity contribution in [3.05, 3.63) is 24.1 Å². The van der Waals surface area contributed by atoms with Crippen LogP contribution < -0.4 is 9.47 Å². The van der Waals surface area contributed by atoms with Crippen molar-refractivity contribution in [1.29, 1.82) is 0 Å². The lowest BCUT2D eigenvalue weighted by Gasteiger charge is -2.39. The van der Waals surface area contributed by atoms with Crippen molar-refractivity contribution in [2.24, 2.45) is 0 Å². The largest absolute Gasteiger partial charge is 0.493 e. The Hall–Kier alpha value is -2.26. The smallest absolute Gasteiger partial charge is 0.387 e. The van der Waals surface area contributed by atoms with Gasteiger partial charge in [0.15, 0.2) is 11.5 Å². The molecule has 0 radical (unpaired) electrons. The lowest BCUT2D eigenvalue weighted by Crippen LogP contribution is -2.48. The van der Waals surface area contributed by atoms with Gasteiger partial charge in [-0.3, -0.25) is 4.90 Å². The molecule has 1 fully saturated rings. The molecule has 1 N–H and O–H groups in total. The normalized spacial score (nSPS) is 19.9. The molecule has 29 heavy (non-hydrogen) atoms. The molecule has 160 valence electrons. The molecular weight excluding hydrogens is 384 g/mol. The molecule has 0 aliphatic heterocycles. The van der Waals surface area contributed by atoms with Gasteiger partial charge in [0, 0.05) is 17.6 Å². The minimum absolute atomic E-state index is 0.0602. The number of hydrogen-bond donors (Lipinski definition) is 1. The average molecular weight is 411 g/mol. The molecule has 1 aliphatic rings. The van der Waals surface area contributed by atoms with Crippen LogP contribution in [0.25, 0.3) is 11.4 Å². The minimum atomic E-state index is -2.94. The zero-order valence-corrected chi connectivity index (χ0v) is 16.8. The first-order valence-corrected chi connectivity index (χ1v) is 9.78. The summed E-state index contributed by atoms with van der Waals surface area (Å²) < 4.78 is 40.0. The number of ether oxygens (including phenoxy) is 2. The van der Waals surface area contributed by atoms with Gasteiger partial charge in [0.25, 0.3) is 0 Å². The first-order chi connectivity index (χ1) is 13.9. The molecule has 0 spiro atoms. The maximum atomic E-state index is 12.5. The summed E-state index contributed by atoms with van der Waals surface area (Å²) in [5, 5.41) is 14.4. The van der Waals surface area contributed by atoms with Gasteiger partial charge in [0.2, 0.25) is 11.7 Å². The first-order valence-electron chi connectivity index (χ1n) is 9.78. The molecule has 0 unspecified atom stereocenters. The van der Waals surface area contributed by atoms with Gasteiger partial charge in [-0.2, -0.15) is 13.8 Å². The Labute approximate surface area is 168 Å². The second-order valence-electron chi connectivity index (χ2n) is 7.44. The molecule has 1 aliphatic carbocycles. The van der Waals surface area contributed by atoms with Crippen molar-refractivity contribution < 1.29 is 27.9 Å². The van der Waals surface area contributed by atoms with Crippen molar-refractivity contribution in [3.63, 3.8) is 0 Å². The Balaban J connectivity index is 1.77. The highest BCUT2D eigenvalue weighted by Crippen LogP contribution is 2.33. The van der Waals surface area contributed by atoms with Crippen LogP contribution in [-0.4, -0.2) is 52.1 Å². The van der Waals surface area contributed by atoms with Crippen LogP contribution in [0.2, 0.25) is 0 Å². The molecule has 2 atom stereocenters. The quantitative estimate of drug-likeness (QED) is 0.706. The monoisotopic (exact) mass is 411 g/mol. The van der Waals surface area contributed by atoms with Gasteiger partial charge in [-0.15, -0.1) is 0 Å². The van der Waals surface area contributed by atoms with E-state index in [0.717, 1.165) is 25.7 Å². The van der Waals surface area contributed by atoms with Gasteiger partial charge in [0.05, 0.1) is 19.8 Å². The number of alkyl halides is 2. The number of aliphatic hydroxyl groups excluding tert-OH is 1. The van der Waals surface area contributed by atoms with Gasteiger partial charge in [0.1, 0.15) is 0 Å². The van der Waals surface area contributed by atoms with E-state index in [2.05, 4.69) is 33.6 Å². The molecule has 1 heterocycles. The average Bonchev–Trinajstić information content (AvgIpc) is 3.15. The van der Waals surface area contributed by atoms with Gasteiger partial charge < -0.3 is 19.1 Å². The van der Waals surface area contributed by atoms with E-state index >= 15 is 0 Å². The van der Waals surface area contributed by atoms with Gasteiger partial charge in [-0.25, -0.2) is 0 Å². The van der Waals surface area contributed by atoms with E-state index in [4.69, 9.17) is 9.26 Å². The third-order valence-electron chi connectivity index (χ3n) is 5.21. The van der Waals surface area contributed by atoms with E-state index < -0.39 is 6.61 Å². The molecule has 3 rings (SSSR count). The summed E-state index contributed by atoms with van der Waals surface area (Å²) >= 11 is 0. The lowest BCUT2D eigenvalue weighted by atomic mass is 9.90. The highest BCUT2D eigenvalue weighted by Gasteiger charge is 2.31. The first kappa shape index (κ1) is 21.4. The molecular formula is C20H27F2N3O4. The van der Waals surface area contributed by atoms with Crippen molar-refractivity contribution in [3.8, 4) is 22.9 Å². The number of nitrogens with zero attached hydrogens (tertiary/aromatic N) is 3. The Morgan fingerprint density at radius 2 is 2.00 bits per heavy atom. The molecule has 0 bridgehead atoms. The molecule has 7 nitrogen and oxygen atoms in total. The SMILES string of the molecule is COc1cc(-c2noc(CN(C(C)C)[C@H]3CCCC[C@H]3O)n2)ccc1OC(F)F. The molecule has 1 aromatic carbocycles. The van der Waals surface area contributed by atoms with E-state index in [1.807, 2.05) is 0 Å². The number of rotatable bonds is 8. The fourth-order valence-electron chi connectivity index (χ4n) is 3.75. The van der Waals surface area contributed by atoms with Crippen LogP contribution in [0, 0.1) is 0 Å². The summed E-state index contributed by atoms with van der Waals surface area (Å²) in [7, 11) is 1.37. The number of halogens is 2. The van der Waals surface area contributed by atoms with Gasteiger partial charge in [-0.1, -0.05) is 18.0 Å². The van der Waals surface area contributed by atoms with Gasteiger partial charge >= 0.3 is 6.61 Å². The second-order valence-corrected chi connectivity index (χ2v) is 7.44. The molecule has 1 aromatic heterocycles. The number of methoxy groups -OCH3 is 1. The third kappa shape index (κ3) is 5.22. The summed E-state index contributed by atoms with van der Waals surface area (Å²) in [5.41, 5.74) is 0.562. The molecule has 9 heteroatoms. The Kier molecular flexibility index (Phi) is 7.02. The van der Waals surface area contributed by atoms with E-state index in [-0.39, 0.29) is 29.7 Å². The van der Waals surface area contributed by atoms with Crippen molar-refractivity contribution >= 4 is 0 Å². The Bertz CT molecular complexity index is 800. The number of aliphatic hydroxyl groups is 1. The second kappa shape index (κ2) is 9.49. The Morgan fingerprint density at radius 3 is 2.66 bits per heavy atom. The Morgan fingerprint density at radius 1 is 1.24 bits per heavy atom.